The number of benzene rings is 1. The summed E-state index contributed by atoms with van der Waals surface area (Å²) in [4.78, 5) is 0. The van der Waals surface area contributed by atoms with Gasteiger partial charge in [-0.1, -0.05) is 18.2 Å². The van der Waals surface area contributed by atoms with E-state index in [1.165, 1.54) is 6.07 Å². The predicted molar refractivity (Wildman–Crippen MR) is 47.0 cm³/mol. The van der Waals surface area contributed by atoms with Crippen LogP contribution in [-0.4, -0.2) is 6.54 Å². The van der Waals surface area contributed by atoms with Crippen LogP contribution < -0.4 is 5.32 Å². The van der Waals surface area contributed by atoms with E-state index in [-0.39, 0.29) is 5.82 Å². The smallest absolute Gasteiger partial charge is 0.132 e. The van der Waals surface area contributed by atoms with Gasteiger partial charge in [-0.25, -0.2) is 4.39 Å². The molecule has 0 fully saturated rings. The summed E-state index contributed by atoms with van der Waals surface area (Å²) in [7, 11) is 0. The highest BCUT2D eigenvalue weighted by Crippen LogP contribution is 2.18. The Morgan fingerprint density at radius 1 is 1.25 bits per heavy atom. The van der Waals surface area contributed by atoms with Crippen molar-refractivity contribution < 1.29 is 4.39 Å². The Hall–Kier alpha value is -1.31. The van der Waals surface area contributed by atoms with Crippen molar-refractivity contribution in [2.24, 2.45) is 0 Å². The zero-order chi connectivity index (χ0) is 8.39. The van der Waals surface area contributed by atoms with E-state index in [9.17, 15) is 4.39 Å². The van der Waals surface area contributed by atoms with E-state index in [4.69, 9.17) is 0 Å². The molecule has 62 valence electrons. The first-order valence-electron chi connectivity index (χ1n) is 4.07. The van der Waals surface area contributed by atoms with Gasteiger partial charge in [-0.2, -0.15) is 0 Å². The van der Waals surface area contributed by atoms with Gasteiger partial charge in [-0.3, -0.25) is 0 Å². The van der Waals surface area contributed by atoms with Gasteiger partial charge in [0.25, 0.3) is 0 Å². The first-order valence-corrected chi connectivity index (χ1v) is 4.07. The van der Waals surface area contributed by atoms with Crippen molar-refractivity contribution in [3.05, 3.63) is 41.7 Å². The normalized spacial score (nSPS) is 15.6. The van der Waals surface area contributed by atoms with Crippen molar-refractivity contribution in [3.8, 4) is 0 Å². The molecule has 1 aromatic carbocycles. The van der Waals surface area contributed by atoms with Gasteiger partial charge in [0.2, 0.25) is 0 Å². The second kappa shape index (κ2) is 2.97. The van der Waals surface area contributed by atoms with Gasteiger partial charge in [-0.05, 0) is 18.6 Å². The maximum absolute atomic E-state index is 13.2. The molecule has 1 aromatic rings. The van der Waals surface area contributed by atoms with Crippen molar-refractivity contribution in [1.29, 1.82) is 0 Å². The molecule has 0 radical (unpaired) electrons. The third-order valence-electron chi connectivity index (χ3n) is 1.97. The number of rotatable bonds is 1. The lowest BCUT2D eigenvalue weighted by atomic mass is 10.1. The lowest BCUT2D eigenvalue weighted by molar-refractivity contribution is 0.622. The lowest BCUT2D eigenvalue weighted by Gasteiger charge is -2.04. The molecule has 0 aromatic heterocycles. The maximum Gasteiger partial charge on any atom is 0.132 e. The van der Waals surface area contributed by atoms with Gasteiger partial charge in [0.05, 0.1) is 0 Å². The van der Waals surface area contributed by atoms with Crippen molar-refractivity contribution in [1.82, 2.24) is 5.32 Å². The van der Waals surface area contributed by atoms with Gasteiger partial charge in [0.1, 0.15) is 5.82 Å². The van der Waals surface area contributed by atoms with Crippen molar-refractivity contribution in [2.75, 3.05) is 6.54 Å². The summed E-state index contributed by atoms with van der Waals surface area (Å²) >= 11 is 0. The third-order valence-corrected chi connectivity index (χ3v) is 1.97. The topological polar surface area (TPSA) is 12.0 Å². The number of hydrogen-bond donors (Lipinski definition) is 1. The zero-order valence-electron chi connectivity index (χ0n) is 6.68. The summed E-state index contributed by atoms with van der Waals surface area (Å²) in [5.74, 6) is -0.154. The van der Waals surface area contributed by atoms with Crippen LogP contribution in [0.25, 0.3) is 5.70 Å². The Bertz CT molecular complexity index is 317. The molecule has 0 amide bonds. The minimum atomic E-state index is -0.154. The third kappa shape index (κ3) is 1.20. The van der Waals surface area contributed by atoms with Crippen LogP contribution in [0.1, 0.15) is 12.0 Å². The van der Waals surface area contributed by atoms with E-state index >= 15 is 0 Å². The molecule has 2 heteroatoms. The standard InChI is InChI=1S/C10H10FN/c11-9-5-2-1-4-8(9)10-6-3-7-12-10/h1-2,4-6,12H,3,7H2. The number of nitrogens with one attached hydrogen (secondary N) is 1. The van der Waals surface area contributed by atoms with Crippen LogP contribution in [0.3, 0.4) is 0 Å². The van der Waals surface area contributed by atoms with Gasteiger partial charge < -0.3 is 5.32 Å². The fourth-order valence-electron chi connectivity index (χ4n) is 1.38. The van der Waals surface area contributed by atoms with Crippen LogP contribution in [0, 0.1) is 5.82 Å². The lowest BCUT2D eigenvalue weighted by Crippen LogP contribution is -2.07. The highest BCUT2D eigenvalue weighted by Gasteiger charge is 2.09. The summed E-state index contributed by atoms with van der Waals surface area (Å²) in [5, 5.41) is 3.13. The molecule has 1 aliphatic heterocycles. The fraction of sp³-hybridized carbons (Fsp3) is 0.200. The molecule has 0 saturated heterocycles. The predicted octanol–water partition coefficient (Wildman–Crippen LogP) is 2.16. The van der Waals surface area contributed by atoms with Crippen LogP contribution in [-0.2, 0) is 0 Å². The van der Waals surface area contributed by atoms with Crippen LogP contribution >= 0.6 is 0 Å². The molecule has 0 aliphatic carbocycles. The number of hydrogen-bond acceptors (Lipinski definition) is 1. The SMILES string of the molecule is Fc1ccccc1C1=CCCN1. The van der Waals surface area contributed by atoms with Gasteiger partial charge in [0.15, 0.2) is 0 Å². The summed E-state index contributed by atoms with van der Waals surface area (Å²) in [6.45, 7) is 0.920. The average Bonchev–Trinajstić information content (AvgIpc) is 2.57. The average molecular weight is 163 g/mol. The summed E-state index contributed by atoms with van der Waals surface area (Å²) in [5.41, 5.74) is 1.60. The Kier molecular flexibility index (Phi) is 1.82. The minimum Gasteiger partial charge on any atom is -0.384 e. The van der Waals surface area contributed by atoms with Crippen LogP contribution in [0.4, 0.5) is 4.39 Å². The first kappa shape index (κ1) is 7.35. The molecule has 0 atom stereocenters. The first-order chi connectivity index (χ1) is 5.88. The quantitative estimate of drug-likeness (QED) is 0.669. The second-order valence-corrected chi connectivity index (χ2v) is 2.81. The largest absolute Gasteiger partial charge is 0.384 e. The van der Waals surface area contributed by atoms with Crippen LogP contribution in [0.15, 0.2) is 30.3 Å². The Morgan fingerprint density at radius 2 is 2.08 bits per heavy atom. The Morgan fingerprint density at radius 3 is 2.75 bits per heavy atom. The highest BCUT2D eigenvalue weighted by atomic mass is 19.1. The molecule has 0 unspecified atom stereocenters. The van der Waals surface area contributed by atoms with Crippen LogP contribution in [0.5, 0.6) is 0 Å². The van der Waals surface area contributed by atoms with Crippen LogP contribution in [0.2, 0.25) is 0 Å². The fourth-order valence-corrected chi connectivity index (χ4v) is 1.38. The summed E-state index contributed by atoms with van der Waals surface area (Å²) < 4.78 is 13.2. The summed E-state index contributed by atoms with van der Waals surface area (Å²) in [6, 6.07) is 6.82. The van der Waals surface area contributed by atoms with Gasteiger partial charge >= 0.3 is 0 Å². The molecule has 1 nitrogen and oxygen atoms in total. The monoisotopic (exact) mass is 163 g/mol. The van der Waals surface area contributed by atoms with Crippen molar-refractivity contribution in [2.45, 2.75) is 6.42 Å². The maximum atomic E-state index is 13.2. The van der Waals surface area contributed by atoms with E-state index in [2.05, 4.69) is 5.32 Å². The molecule has 12 heavy (non-hydrogen) atoms. The van der Waals surface area contributed by atoms with Crippen molar-refractivity contribution >= 4 is 5.70 Å². The molecule has 1 N–H and O–H groups in total. The number of halogens is 1. The second-order valence-electron chi connectivity index (χ2n) is 2.81. The van der Waals surface area contributed by atoms with E-state index in [1.54, 1.807) is 12.1 Å². The molecule has 0 bridgehead atoms. The molecule has 2 rings (SSSR count). The van der Waals surface area contributed by atoms with E-state index in [0.717, 1.165) is 18.7 Å². The minimum absolute atomic E-state index is 0.154. The Balaban J connectivity index is 2.39. The highest BCUT2D eigenvalue weighted by molar-refractivity contribution is 5.65. The van der Waals surface area contributed by atoms with E-state index in [0.29, 0.717) is 5.56 Å². The molecular weight excluding hydrogens is 153 g/mol. The molecule has 0 spiro atoms. The zero-order valence-corrected chi connectivity index (χ0v) is 6.68. The van der Waals surface area contributed by atoms with Crippen molar-refractivity contribution in [3.63, 3.8) is 0 Å². The van der Waals surface area contributed by atoms with E-state index < -0.39 is 0 Å². The van der Waals surface area contributed by atoms with E-state index in [1.807, 2.05) is 12.1 Å². The molecular formula is C10H10FN. The molecule has 0 saturated carbocycles. The van der Waals surface area contributed by atoms with Gasteiger partial charge in [-0.15, -0.1) is 0 Å². The summed E-state index contributed by atoms with van der Waals surface area (Å²) in [6.07, 6.45) is 3.02. The van der Waals surface area contributed by atoms with Gasteiger partial charge in [0, 0.05) is 17.8 Å². The molecule has 1 heterocycles. The molecule has 1 aliphatic rings. The Labute approximate surface area is 70.9 Å².